The number of carbonyl (C=O) groups excluding carboxylic acids is 1. The van der Waals surface area contributed by atoms with Crippen LogP contribution in [-0.2, 0) is 13.1 Å². The molecule has 2 heterocycles. The van der Waals surface area contributed by atoms with Crippen molar-refractivity contribution in [1.82, 2.24) is 25.0 Å². The molecule has 0 fully saturated rings. The minimum absolute atomic E-state index is 0.0923. The van der Waals surface area contributed by atoms with Crippen molar-refractivity contribution < 1.29 is 22.8 Å². The molecule has 0 saturated heterocycles. The molecule has 2 aromatic carbocycles. The number of halogens is 2. The maximum Gasteiger partial charge on any atom is 0.316 e. The van der Waals surface area contributed by atoms with Crippen LogP contribution in [0.2, 0.25) is 0 Å². The molecule has 0 atom stereocenters. The van der Waals surface area contributed by atoms with Gasteiger partial charge in [-0.2, -0.15) is 4.98 Å². The van der Waals surface area contributed by atoms with Crippen molar-refractivity contribution in [2.24, 2.45) is 0 Å². The summed E-state index contributed by atoms with van der Waals surface area (Å²) in [5.74, 6) is -0.404. The molecule has 0 saturated carbocycles. The third-order valence-electron chi connectivity index (χ3n) is 4.45. The van der Waals surface area contributed by atoms with Crippen molar-refractivity contribution in [2.45, 2.75) is 19.5 Å². The smallest absolute Gasteiger partial charge is 0.316 e. The van der Waals surface area contributed by atoms with Crippen molar-refractivity contribution in [3.05, 3.63) is 71.6 Å². The van der Waals surface area contributed by atoms with Gasteiger partial charge in [-0.15, -0.1) is 0 Å². The first-order chi connectivity index (χ1) is 14.5. The van der Waals surface area contributed by atoms with Gasteiger partial charge >= 0.3 is 11.8 Å². The number of para-hydroxylation sites is 2. The number of aromatic nitrogens is 4. The number of amides is 1. The van der Waals surface area contributed by atoms with E-state index in [9.17, 15) is 13.6 Å². The first-order valence-electron chi connectivity index (χ1n) is 9.02. The van der Waals surface area contributed by atoms with Gasteiger partial charge in [0, 0.05) is 6.54 Å². The number of imidazole rings is 1. The molecule has 1 amide bonds. The molecule has 0 aliphatic carbocycles. The zero-order chi connectivity index (χ0) is 21.1. The van der Waals surface area contributed by atoms with E-state index in [1.165, 1.54) is 4.57 Å². The van der Waals surface area contributed by atoms with Crippen LogP contribution in [0.15, 0.2) is 53.1 Å². The third kappa shape index (κ3) is 3.97. The second-order valence-corrected chi connectivity index (χ2v) is 6.39. The molecular weight excluding hydrogens is 396 g/mol. The summed E-state index contributed by atoms with van der Waals surface area (Å²) in [6.07, 6.45) is -2.77. The van der Waals surface area contributed by atoms with E-state index >= 15 is 0 Å². The summed E-state index contributed by atoms with van der Waals surface area (Å²) in [6.45, 7) is 0.150. The van der Waals surface area contributed by atoms with Crippen LogP contribution in [-0.4, -0.2) is 32.7 Å². The summed E-state index contributed by atoms with van der Waals surface area (Å²) in [5.41, 5.74) is 1.81. The predicted molar refractivity (Wildman–Crippen MR) is 102 cm³/mol. The fourth-order valence-electron chi connectivity index (χ4n) is 2.98. The molecule has 4 rings (SSSR count). The summed E-state index contributed by atoms with van der Waals surface area (Å²) < 4.78 is 38.2. The molecule has 2 aromatic heterocycles. The van der Waals surface area contributed by atoms with Crippen LogP contribution in [0, 0.1) is 0 Å². The van der Waals surface area contributed by atoms with Crippen LogP contribution in [0.25, 0.3) is 11.0 Å². The predicted octanol–water partition coefficient (Wildman–Crippen LogP) is 3.34. The lowest BCUT2D eigenvalue weighted by molar-refractivity contribution is 0.0907. The standard InChI is InChI=1S/C20H17F2N5O3/c1-29-13-8-6-12(7-9-13)10-23-19(28)20-25-16(26-30-20)11-27-15-5-3-2-4-14(15)24-18(27)17(21)22/h2-9,17H,10-11H2,1H3,(H,23,28). The summed E-state index contributed by atoms with van der Waals surface area (Å²) in [7, 11) is 1.57. The van der Waals surface area contributed by atoms with Crippen LogP contribution in [0.4, 0.5) is 8.78 Å². The van der Waals surface area contributed by atoms with Crippen molar-refractivity contribution in [3.8, 4) is 5.75 Å². The van der Waals surface area contributed by atoms with E-state index in [1.807, 2.05) is 12.1 Å². The first kappa shape index (κ1) is 19.5. The molecule has 0 aliphatic heterocycles. The van der Waals surface area contributed by atoms with Crippen LogP contribution in [0.3, 0.4) is 0 Å². The van der Waals surface area contributed by atoms with Crippen molar-refractivity contribution in [2.75, 3.05) is 7.11 Å². The van der Waals surface area contributed by atoms with Gasteiger partial charge in [-0.05, 0) is 29.8 Å². The molecule has 0 unspecified atom stereocenters. The number of alkyl halides is 2. The highest BCUT2D eigenvalue weighted by atomic mass is 19.3. The van der Waals surface area contributed by atoms with Crippen LogP contribution >= 0.6 is 0 Å². The lowest BCUT2D eigenvalue weighted by atomic mass is 10.2. The largest absolute Gasteiger partial charge is 0.497 e. The van der Waals surface area contributed by atoms with Gasteiger partial charge in [0.1, 0.15) is 5.75 Å². The van der Waals surface area contributed by atoms with Gasteiger partial charge in [-0.25, -0.2) is 13.8 Å². The maximum absolute atomic E-state index is 13.4. The van der Waals surface area contributed by atoms with Gasteiger partial charge in [0.15, 0.2) is 11.6 Å². The number of rotatable bonds is 7. The van der Waals surface area contributed by atoms with Gasteiger partial charge in [-0.1, -0.05) is 29.4 Å². The summed E-state index contributed by atoms with van der Waals surface area (Å²) in [4.78, 5) is 20.3. The molecular formula is C20H17F2N5O3. The number of hydrogen-bond donors (Lipinski definition) is 1. The number of hydrogen-bond acceptors (Lipinski definition) is 6. The fraction of sp³-hybridized carbons (Fsp3) is 0.200. The SMILES string of the molecule is COc1ccc(CNC(=O)c2nc(Cn3c(C(F)F)nc4ccccc43)no2)cc1. The number of nitrogens with one attached hydrogen (secondary N) is 1. The highest BCUT2D eigenvalue weighted by molar-refractivity contribution is 5.89. The van der Waals surface area contributed by atoms with Crippen molar-refractivity contribution >= 4 is 16.9 Å². The Kier molecular flexibility index (Phi) is 5.38. The second-order valence-electron chi connectivity index (χ2n) is 6.39. The van der Waals surface area contributed by atoms with Gasteiger partial charge in [-0.3, -0.25) is 4.79 Å². The molecule has 30 heavy (non-hydrogen) atoms. The quantitative estimate of drug-likeness (QED) is 0.499. The Labute approximate surface area is 169 Å². The molecule has 0 aliphatic rings. The van der Waals surface area contributed by atoms with Crippen LogP contribution < -0.4 is 10.1 Å². The van der Waals surface area contributed by atoms with E-state index in [4.69, 9.17) is 9.26 Å². The van der Waals surface area contributed by atoms with Gasteiger partial charge in [0.05, 0.1) is 24.7 Å². The Morgan fingerprint density at radius 1 is 1.17 bits per heavy atom. The number of ether oxygens (including phenoxy) is 1. The number of methoxy groups -OCH3 is 1. The Morgan fingerprint density at radius 3 is 2.67 bits per heavy atom. The van der Waals surface area contributed by atoms with Crippen molar-refractivity contribution in [1.29, 1.82) is 0 Å². The van der Waals surface area contributed by atoms with E-state index in [2.05, 4.69) is 20.4 Å². The second kappa shape index (κ2) is 8.27. The Bertz CT molecular complexity index is 1170. The summed E-state index contributed by atoms with van der Waals surface area (Å²) >= 11 is 0. The molecule has 8 nitrogen and oxygen atoms in total. The minimum Gasteiger partial charge on any atom is -0.497 e. The first-order valence-corrected chi connectivity index (χ1v) is 9.02. The van der Waals surface area contributed by atoms with Crippen LogP contribution in [0.5, 0.6) is 5.75 Å². The number of nitrogens with zero attached hydrogens (tertiary/aromatic N) is 4. The number of fused-ring (bicyclic) bond motifs is 1. The third-order valence-corrected chi connectivity index (χ3v) is 4.45. The average Bonchev–Trinajstić information content (AvgIpc) is 3.38. The molecule has 0 spiro atoms. The van der Waals surface area contributed by atoms with E-state index in [0.29, 0.717) is 16.8 Å². The van der Waals surface area contributed by atoms with Crippen molar-refractivity contribution in [3.63, 3.8) is 0 Å². The van der Waals surface area contributed by atoms with Gasteiger partial charge in [0.2, 0.25) is 0 Å². The van der Waals surface area contributed by atoms with E-state index < -0.39 is 18.2 Å². The highest BCUT2D eigenvalue weighted by Gasteiger charge is 2.21. The van der Waals surface area contributed by atoms with Crippen LogP contribution in [0.1, 0.15) is 34.3 Å². The summed E-state index contributed by atoms with van der Waals surface area (Å²) in [6, 6.07) is 14.0. The van der Waals surface area contributed by atoms with Gasteiger partial charge in [0.25, 0.3) is 6.43 Å². The minimum atomic E-state index is -2.77. The zero-order valence-electron chi connectivity index (χ0n) is 15.9. The number of benzene rings is 2. The van der Waals surface area contributed by atoms with E-state index in [0.717, 1.165) is 5.56 Å². The molecule has 0 radical (unpaired) electrons. The topological polar surface area (TPSA) is 95.1 Å². The van der Waals surface area contributed by atoms with E-state index in [-0.39, 0.29) is 24.8 Å². The Balaban J connectivity index is 1.47. The molecule has 4 aromatic rings. The Hall–Kier alpha value is -3.82. The monoisotopic (exact) mass is 413 g/mol. The summed E-state index contributed by atoms with van der Waals surface area (Å²) in [5, 5.41) is 6.41. The average molecular weight is 413 g/mol. The maximum atomic E-state index is 13.4. The van der Waals surface area contributed by atoms with E-state index in [1.54, 1.807) is 43.5 Å². The normalized spacial score (nSPS) is 11.2. The molecule has 10 heteroatoms. The fourth-order valence-corrected chi connectivity index (χ4v) is 2.98. The lowest BCUT2D eigenvalue weighted by Crippen LogP contribution is -2.23. The highest BCUT2D eigenvalue weighted by Crippen LogP contribution is 2.24. The lowest BCUT2D eigenvalue weighted by Gasteiger charge is -2.05. The molecule has 0 bridgehead atoms. The number of carbonyl (C=O) groups is 1. The molecule has 1 N–H and O–H groups in total. The van der Waals surface area contributed by atoms with Gasteiger partial charge < -0.3 is 19.1 Å². The molecule has 154 valence electrons. The zero-order valence-corrected chi connectivity index (χ0v) is 15.9. The Morgan fingerprint density at radius 2 is 1.93 bits per heavy atom.